The largest absolute Gasteiger partial charge is 0.480 e. The predicted octanol–water partition coefficient (Wildman–Crippen LogP) is -1.84. The molecule has 0 saturated heterocycles. The van der Waals surface area contributed by atoms with Gasteiger partial charge in [0.15, 0.2) is 6.04 Å². The van der Waals surface area contributed by atoms with Crippen LogP contribution in [-0.4, -0.2) is 61.3 Å². The summed E-state index contributed by atoms with van der Waals surface area (Å²) in [4.78, 5) is 21.8. The standard InChI is InChI=1S/C8H16N2O6S/c1-5(11)6(7(12)13)10-8(14)9-3-4-17(2,15)16/h5-6,11H,3-4H2,1-2H3,(H,12,13)(H2,9,10,14). The van der Waals surface area contributed by atoms with E-state index in [1.54, 1.807) is 0 Å². The van der Waals surface area contributed by atoms with Crippen molar-refractivity contribution in [2.24, 2.45) is 0 Å². The molecule has 0 aromatic heterocycles. The summed E-state index contributed by atoms with van der Waals surface area (Å²) in [6.07, 6.45) is -0.240. The first-order valence-electron chi connectivity index (χ1n) is 4.76. The van der Waals surface area contributed by atoms with E-state index in [-0.39, 0.29) is 12.3 Å². The number of aliphatic carboxylic acids is 1. The zero-order chi connectivity index (χ0) is 13.6. The van der Waals surface area contributed by atoms with Crippen molar-refractivity contribution in [1.82, 2.24) is 10.6 Å². The van der Waals surface area contributed by atoms with Crippen molar-refractivity contribution in [1.29, 1.82) is 0 Å². The molecule has 0 aliphatic carbocycles. The van der Waals surface area contributed by atoms with Crippen LogP contribution in [0.25, 0.3) is 0 Å². The number of carboxylic acid groups (broad SMARTS) is 1. The van der Waals surface area contributed by atoms with E-state index in [0.717, 1.165) is 6.26 Å². The number of carbonyl (C=O) groups excluding carboxylic acids is 1. The van der Waals surface area contributed by atoms with Crippen molar-refractivity contribution in [2.75, 3.05) is 18.6 Å². The van der Waals surface area contributed by atoms with Gasteiger partial charge in [-0.2, -0.15) is 0 Å². The Bertz CT molecular complexity index is 377. The second-order valence-electron chi connectivity index (χ2n) is 3.59. The molecule has 2 unspecified atom stereocenters. The van der Waals surface area contributed by atoms with Crippen molar-refractivity contribution in [2.45, 2.75) is 19.1 Å². The van der Waals surface area contributed by atoms with Crippen molar-refractivity contribution >= 4 is 21.8 Å². The highest BCUT2D eigenvalue weighted by atomic mass is 32.2. The van der Waals surface area contributed by atoms with Gasteiger partial charge in [-0.25, -0.2) is 18.0 Å². The van der Waals surface area contributed by atoms with E-state index in [9.17, 15) is 18.0 Å². The minimum Gasteiger partial charge on any atom is -0.480 e. The lowest BCUT2D eigenvalue weighted by Crippen LogP contribution is -2.51. The quantitative estimate of drug-likeness (QED) is 0.447. The summed E-state index contributed by atoms with van der Waals surface area (Å²) in [7, 11) is -3.19. The number of rotatable bonds is 6. The Morgan fingerprint density at radius 2 is 1.88 bits per heavy atom. The molecule has 0 aromatic rings. The van der Waals surface area contributed by atoms with Crippen LogP contribution >= 0.6 is 0 Å². The van der Waals surface area contributed by atoms with Crippen molar-refractivity contribution in [3.63, 3.8) is 0 Å². The van der Waals surface area contributed by atoms with Crippen LogP contribution in [0.3, 0.4) is 0 Å². The molecule has 0 radical (unpaired) electrons. The van der Waals surface area contributed by atoms with Gasteiger partial charge < -0.3 is 20.8 Å². The van der Waals surface area contributed by atoms with Crippen molar-refractivity contribution < 1.29 is 28.2 Å². The Morgan fingerprint density at radius 1 is 1.35 bits per heavy atom. The highest BCUT2D eigenvalue weighted by Crippen LogP contribution is 1.92. The van der Waals surface area contributed by atoms with Gasteiger partial charge in [0, 0.05) is 12.8 Å². The molecule has 2 atom stereocenters. The second-order valence-corrected chi connectivity index (χ2v) is 5.85. The van der Waals surface area contributed by atoms with Crippen LogP contribution in [0.15, 0.2) is 0 Å². The Kier molecular flexibility index (Phi) is 5.89. The Hall–Kier alpha value is -1.35. The number of carboxylic acids is 1. The lowest BCUT2D eigenvalue weighted by molar-refractivity contribution is -0.141. The number of urea groups is 1. The lowest BCUT2D eigenvalue weighted by Gasteiger charge is -2.17. The number of amides is 2. The van der Waals surface area contributed by atoms with Gasteiger partial charge in [0.1, 0.15) is 9.84 Å². The number of nitrogens with one attached hydrogen (secondary N) is 2. The van der Waals surface area contributed by atoms with Crippen LogP contribution in [0.2, 0.25) is 0 Å². The van der Waals surface area contributed by atoms with Gasteiger partial charge in [-0.05, 0) is 6.92 Å². The van der Waals surface area contributed by atoms with E-state index >= 15 is 0 Å². The molecule has 0 saturated carbocycles. The summed E-state index contributed by atoms with van der Waals surface area (Å²) in [5, 5.41) is 21.9. The topological polar surface area (TPSA) is 133 Å². The second kappa shape index (κ2) is 6.40. The smallest absolute Gasteiger partial charge is 0.328 e. The van der Waals surface area contributed by atoms with Gasteiger partial charge in [-0.3, -0.25) is 0 Å². The minimum atomic E-state index is -3.19. The van der Waals surface area contributed by atoms with Crippen molar-refractivity contribution in [3.8, 4) is 0 Å². The molecule has 0 bridgehead atoms. The first-order chi connectivity index (χ1) is 7.63. The zero-order valence-electron chi connectivity index (χ0n) is 9.50. The highest BCUT2D eigenvalue weighted by molar-refractivity contribution is 7.90. The van der Waals surface area contributed by atoms with E-state index in [2.05, 4.69) is 5.32 Å². The Labute approximate surface area is 98.9 Å². The molecular weight excluding hydrogens is 252 g/mol. The van der Waals surface area contributed by atoms with Gasteiger partial charge in [-0.1, -0.05) is 0 Å². The molecule has 0 aromatic carbocycles. The molecule has 0 aliphatic rings. The number of hydrogen-bond donors (Lipinski definition) is 4. The van der Waals surface area contributed by atoms with E-state index in [4.69, 9.17) is 10.2 Å². The molecule has 9 heteroatoms. The van der Waals surface area contributed by atoms with Crippen LogP contribution in [0.1, 0.15) is 6.92 Å². The summed E-state index contributed by atoms with van der Waals surface area (Å²) in [6, 6.07) is -2.28. The van der Waals surface area contributed by atoms with Gasteiger partial charge in [0.25, 0.3) is 0 Å². The molecule has 0 spiro atoms. The molecule has 8 nitrogen and oxygen atoms in total. The third kappa shape index (κ3) is 7.53. The number of hydrogen-bond acceptors (Lipinski definition) is 5. The van der Waals surface area contributed by atoms with E-state index in [1.807, 2.05) is 5.32 Å². The van der Waals surface area contributed by atoms with Crippen LogP contribution in [-0.2, 0) is 14.6 Å². The first-order valence-corrected chi connectivity index (χ1v) is 6.82. The average Bonchev–Trinajstić information content (AvgIpc) is 2.10. The number of aliphatic hydroxyl groups is 1. The molecule has 0 rings (SSSR count). The number of aliphatic hydroxyl groups excluding tert-OH is 1. The molecule has 17 heavy (non-hydrogen) atoms. The molecule has 4 N–H and O–H groups in total. The zero-order valence-corrected chi connectivity index (χ0v) is 10.3. The minimum absolute atomic E-state index is 0.128. The Balaban J connectivity index is 4.13. The lowest BCUT2D eigenvalue weighted by atomic mass is 10.2. The molecule has 0 heterocycles. The van der Waals surface area contributed by atoms with Crippen molar-refractivity contribution in [3.05, 3.63) is 0 Å². The third-order valence-corrected chi connectivity index (χ3v) is 2.74. The maximum atomic E-state index is 11.2. The van der Waals surface area contributed by atoms with Gasteiger partial charge in [0.2, 0.25) is 0 Å². The molecule has 0 aliphatic heterocycles. The predicted molar refractivity (Wildman–Crippen MR) is 59.3 cm³/mol. The van der Waals surface area contributed by atoms with E-state index in [1.165, 1.54) is 6.92 Å². The summed E-state index contributed by atoms with van der Waals surface area (Å²) in [6.45, 7) is 1.09. The molecule has 0 fully saturated rings. The number of sulfone groups is 1. The third-order valence-electron chi connectivity index (χ3n) is 1.79. The molecular formula is C8H16N2O6S. The van der Waals surface area contributed by atoms with Crippen LogP contribution in [0, 0.1) is 0 Å². The fourth-order valence-corrected chi connectivity index (χ4v) is 1.40. The number of carbonyl (C=O) groups is 2. The van der Waals surface area contributed by atoms with Crippen LogP contribution in [0.5, 0.6) is 0 Å². The molecule has 100 valence electrons. The van der Waals surface area contributed by atoms with Gasteiger partial charge >= 0.3 is 12.0 Å². The van der Waals surface area contributed by atoms with Gasteiger partial charge in [0.05, 0.1) is 11.9 Å². The molecule has 2 amide bonds. The normalized spacial score (nSPS) is 14.8. The first kappa shape index (κ1) is 15.7. The Morgan fingerprint density at radius 3 is 2.24 bits per heavy atom. The summed E-state index contributed by atoms with van der Waals surface area (Å²) in [5.74, 6) is -1.62. The fourth-order valence-electron chi connectivity index (χ4n) is 0.931. The van der Waals surface area contributed by atoms with Crippen LogP contribution < -0.4 is 10.6 Å². The highest BCUT2D eigenvalue weighted by Gasteiger charge is 2.24. The van der Waals surface area contributed by atoms with E-state index in [0.29, 0.717) is 0 Å². The van der Waals surface area contributed by atoms with E-state index < -0.39 is 34.0 Å². The summed E-state index contributed by atoms with van der Waals surface area (Å²) >= 11 is 0. The fraction of sp³-hybridized carbons (Fsp3) is 0.750. The SMILES string of the molecule is CC(O)C(NC(=O)NCCS(C)(=O)=O)C(=O)O. The summed E-state index contributed by atoms with van der Waals surface area (Å²) in [5.41, 5.74) is 0. The average molecular weight is 268 g/mol. The summed E-state index contributed by atoms with van der Waals surface area (Å²) < 4.78 is 21.5. The maximum absolute atomic E-state index is 11.2. The van der Waals surface area contributed by atoms with Gasteiger partial charge in [-0.15, -0.1) is 0 Å². The monoisotopic (exact) mass is 268 g/mol. The van der Waals surface area contributed by atoms with Crippen LogP contribution in [0.4, 0.5) is 4.79 Å². The maximum Gasteiger partial charge on any atom is 0.328 e.